The van der Waals surface area contributed by atoms with Crippen molar-refractivity contribution in [3.8, 4) is 0 Å². The Labute approximate surface area is 76.5 Å². The fourth-order valence-corrected chi connectivity index (χ4v) is 1.50. The minimum atomic E-state index is 0.831. The van der Waals surface area contributed by atoms with Gasteiger partial charge < -0.3 is 4.74 Å². The molecule has 1 aliphatic carbocycles. The molecule has 1 heteroatoms. The predicted molar refractivity (Wildman–Crippen MR) is 52.2 cm³/mol. The molecule has 0 aromatic heterocycles. The Hall–Kier alpha value is -0.0400. The first-order chi connectivity index (χ1) is 5.79. The van der Waals surface area contributed by atoms with Crippen molar-refractivity contribution in [1.82, 2.24) is 0 Å². The van der Waals surface area contributed by atoms with Crippen LogP contribution in [0.15, 0.2) is 0 Å². The van der Waals surface area contributed by atoms with Crippen molar-refractivity contribution in [3.63, 3.8) is 0 Å². The Kier molecular flexibility index (Phi) is 4.67. The van der Waals surface area contributed by atoms with Gasteiger partial charge >= 0.3 is 0 Å². The van der Waals surface area contributed by atoms with Crippen LogP contribution in [0.3, 0.4) is 0 Å². The SMILES string of the molecule is CC(C)CCCOCC1CCC1. The van der Waals surface area contributed by atoms with Crippen molar-refractivity contribution in [2.24, 2.45) is 11.8 Å². The summed E-state index contributed by atoms with van der Waals surface area (Å²) in [5, 5.41) is 0. The lowest BCUT2D eigenvalue weighted by atomic mass is 9.86. The van der Waals surface area contributed by atoms with Crippen LogP contribution in [0.1, 0.15) is 46.0 Å². The van der Waals surface area contributed by atoms with Crippen molar-refractivity contribution < 1.29 is 4.74 Å². The van der Waals surface area contributed by atoms with Crippen LogP contribution in [-0.2, 0) is 4.74 Å². The third kappa shape index (κ3) is 4.10. The molecule has 72 valence electrons. The van der Waals surface area contributed by atoms with Gasteiger partial charge in [0.2, 0.25) is 0 Å². The minimum absolute atomic E-state index is 0.831. The van der Waals surface area contributed by atoms with Gasteiger partial charge in [-0.15, -0.1) is 0 Å². The van der Waals surface area contributed by atoms with Crippen molar-refractivity contribution in [2.45, 2.75) is 46.0 Å². The molecule has 0 N–H and O–H groups in total. The molecular formula is C11H22O. The normalized spacial score (nSPS) is 18.2. The van der Waals surface area contributed by atoms with Crippen LogP contribution in [0.5, 0.6) is 0 Å². The third-order valence-electron chi connectivity index (χ3n) is 2.65. The van der Waals surface area contributed by atoms with Gasteiger partial charge in [0.1, 0.15) is 0 Å². The van der Waals surface area contributed by atoms with Gasteiger partial charge in [0.15, 0.2) is 0 Å². The first kappa shape index (κ1) is 10.0. The van der Waals surface area contributed by atoms with Crippen LogP contribution in [-0.4, -0.2) is 13.2 Å². The molecule has 0 radical (unpaired) electrons. The zero-order valence-electron chi connectivity index (χ0n) is 8.51. The molecule has 1 aliphatic rings. The van der Waals surface area contributed by atoms with E-state index in [-0.39, 0.29) is 0 Å². The van der Waals surface area contributed by atoms with Gasteiger partial charge in [-0.05, 0) is 37.5 Å². The van der Waals surface area contributed by atoms with E-state index < -0.39 is 0 Å². The summed E-state index contributed by atoms with van der Waals surface area (Å²) in [4.78, 5) is 0. The molecule has 0 spiro atoms. The molecule has 0 unspecified atom stereocenters. The molecule has 1 nitrogen and oxygen atoms in total. The Morgan fingerprint density at radius 3 is 2.58 bits per heavy atom. The van der Waals surface area contributed by atoms with Gasteiger partial charge in [-0.3, -0.25) is 0 Å². The second kappa shape index (κ2) is 5.58. The topological polar surface area (TPSA) is 9.23 Å². The van der Waals surface area contributed by atoms with Crippen LogP contribution >= 0.6 is 0 Å². The molecule has 0 heterocycles. The molecule has 0 saturated heterocycles. The standard InChI is InChI=1S/C11H22O/c1-10(2)5-4-8-12-9-11-6-3-7-11/h10-11H,3-9H2,1-2H3. The Balaban J connectivity index is 1.76. The number of rotatable bonds is 6. The van der Waals surface area contributed by atoms with Crippen LogP contribution in [0.2, 0.25) is 0 Å². The lowest BCUT2D eigenvalue weighted by Crippen LogP contribution is -2.17. The average molecular weight is 170 g/mol. The van der Waals surface area contributed by atoms with Gasteiger partial charge in [-0.25, -0.2) is 0 Å². The summed E-state index contributed by atoms with van der Waals surface area (Å²) in [5.41, 5.74) is 0. The maximum atomic E-state index is 5.59. The van der Waals surface area contributed by atoms with Crippen molar-refractivity contribution in [2.75, 3.05) is 13.2 Å². The van der Waals surface area contributed by atoms with Gasteiger partial charge in [0.05, 0.1) is 0 Å². The molecule has 0 amide bonds. The van der Waals surface area contributed by atoms with Crippen LogP contribution in [0.25, 0.3) is 0 Å². The highest BCUT2D eigenvalue weighted by molar-refractivity contribution is 4.68. The molecule has 0 aliphatic heterocycles. The first-order valence-corrected chi connectivity index (χ1v) is 5.37. The van der Waals surface area contributed by atoms with Crippen LogP contribution in [0.4, 0.5) is 0 Å². The second-order valence-corrected chi connectivity index (χ2v) is 4.41. The van der Waals surface area contributed by atoms with E-state index in [1.807, 2.05) is 0 Å². The third-order valence-corrected chi connectivity index (χ3v) is 2.65. The van der Waals surface area contributed by atoms with Gasteiger partial charge in [0.25, 0.3) is 0 Å². The summed E-state index contributed by atoms with van der Waals surface area (Å²) in [6.07, 6.45) is 6.80. The summed E-state index contributed by atoms with van der Waals surface area (Å²) in [6.45, 7) is 6.55. The Morgan fingerprint density at radius 1 is 1.33 bits per heavy atom. The molecule has 1 rings (SSSR count). The Bertz CT molecular complexity index is 106. The number of hydrogen-bond donors (Lipinski definition) is 0. The number of hydrogen-bond acceptors (Lipinski definition) is 1. The summed E-state index contributed by atoms with van der Waals surface area (Å²) < 4.78 is 5.59. The van der Waals surface area contributed by atoms with E-state index in [0.29, 0.717) is 0 Å². The summed E-state index contributed by atoms with van der Waals surface area (Å²) in [5.74, 6) is 1.74. The maximum Gasteiger partial charge on any atom is 0.0494 e. The smallest absolute Gasteiger partial charge is 0.0494 e. The summed E-state index contributed by atoms with van der Waals surface area (Å²) in [6, 6.07) is 0. The highest BCUT2D eigenvalue weighted by atomic mass is 16.5. The minimum Gasteiger partial charge on any atom is -0.381 e. The fourth-order valence-electron chi connectivity index (χ4n) is 1.50. The maximum absolute atomic E-state index is 5.59. The molecule has 0 aromatic carbocycles. The molecule has 0 bridgehead atoms. The van der Waals surface area contributed by atoms with Crippen molar-refractivity contribution in [3.05, 3.63) is 0 Å². The van der Waals surface area contributed by atoms with E-state index in [0.717, 1.165) is 25.0 Å². The molecular weight excluding hydrogens is 148 g/mol. The zero-order valence-corrected chi connectivity index (χ0v) is 8.51. The molecule has 12 heavy (non-hydrogen) atoms. The fraction of sp³-hybridized carbons (Fsp3) is 1.00. The zero-order chi connectivity index (χ0) is 8.81. The predicted octanol–water partition coefficient (Wildman–Crippen LogP) is 3.24. The molecule has 0 atom stereocenters. The van der Waals surface area contributed by atoms with Gasteiger partial charge in [-0.2, -0.15) is 0 Å². The summed E-state index contributed by atoms with van der Waals surface area (Å²) >= 11 is 0. The number of ether oxygens (including phenoxy) is 1. The van der Waals surface area contributed by atoms with Gasteiger partial charge in [-0.1, -0.05) is 20.3 Å². The molecule has 1 saturated carbocycles. The van der Waals surface area contributed by atoms with Crippen molar-refractivity contribution in [1.29, 1.82) is 0 Å². The lowest BCUT2D eigenvalue weighted by molar-refractivity contribution is 0.0668. The second-order valence-electron chi connectivity index (χ2n) is 4.41. The lowest BCUT2D eigenvalue weighted by Gasteiger charge is -2.24. The largest absolute Gasteiger partial charge is 0.381 e. The molecule has 0 aromatic rings. The van der Waals surface area contributed by atoms with E-state index in [4.69, 9.17) is 4.74 Å². The van der Waals surface area contributed by atoms with Gasteiger partial charge in [0, 0.05) is 13.2 Å². The van der Waals surface area contributed by atoms with Crippen LogP contribution in [0, 0.1) is 11.8 Å². The van der Waals surface area contributed by atoms with E-state index in [1.54, 1.807) is 0 Å². The monoisotopic (exact) mass is 170 g/mol. The van der Waals surface area contributed by atoms with E-state index in [2.05, 4.69) is 13.8 Å². The Morgan fingerprint density at radius 2 is 2.08 bits per heavy atom. The highest BCUT2D eigenvalue weighted by Crippen LogP contribution is 2.26. The average Bonchev–Trinajstić information content (AvgIpc) is 1.92. The van der Waals surface area contributed by atoms with Crippen molar-refractivity contribution >= 4 is 0 Å². The quantitative estimate of drug-likeness (QED) is 0.556. The van der Waals surface area contributed by atoms with E-state index in [9.17, 15) is 0 Å². The first-order valence-electron chi connectivity index (χ1n) is 5.37. The summed E-state index contributed by atoms with van der Waals surface area (Å²) in [7, 11) is 0. The van der Waals surface area contributed by atoms with E-state index >= 15 is 0 Å². The molecule has 1 fully saturated rings. The highest BCUT2D eigenvalue weighted by Gasteiger charge is 2.16. The van der Waals surface area contributed by atoms with E-state index in [1.165, 1.54) is 32.1 Å². The van der Waals surface area contributed by atoms with Crippen LogP contribution < -0.4 is 0 Å².